The van der Waals surface area contributed by atoms with E-state index in [1.54, 1.807) is 0 Å². The first-order valence-corrected chi connectivity index (χ1v) is 4.34. The van der Waals surface area contributed by atoms with E-state index in [4.69, 9.17) is 16.9 Å². The van der Waals surface area contributed by atoms with E-state index in [9.17, 15) is 8.78 Å². The molecule has 0 aliphatic carbocycles. The van der Waals surface area contributed by atoms with Gasteiger partial charge in [0.1, 0.15) is 6.07 Å². The zero-order chi connectivity index (χ0) is 11.1. The van der Waals surface area contributed by atoms with Crippen LogP contribution in [0.1, 0.15) is 0 Å². The molecule has 0 saturated carbocycles. The molecule has 0 radical (unpaired) electrons. The normalized spacial score (nSPS) is 28.7. The van der Waals surface area contributed by atoms with Gasteiger partial charge in [0.15, 0.2) is 5.95 Å². The van der Waals surface area contributed by atoms with Gasteiger partial charge in [-0.15, -0.1) is 0 Å². The van der Waals surface area contributed by atoms with Gasteiger partial charge in [-0.2, -0.15) is 9.65 Å². The first kappa shape index (κ1) is 9.87. The Morgan fingerprint density at radius 2 is 2.33 bits per heavy atom. The van der Waals surface area contributed by atoms with Crippen molar-refractivity contribution < 1.29 is 8.78 Å². The standard InChI is InChI=1S/C9H4ClF2N3/c10-8-5-1-7(11)14-2-6(5)15-4-9(8,12)3-13/h1-2,4,14H. The van der Waals surface area contributed by atoms with Crippen LogP contribution in [0.5, 0.6) is 0 Å². The summed E-state index contributed by atoms with van der Waals surface area (Å²) in [5, 5.41) is 10.5. The fourth-order valence-corrected chi connectivity index (χ4v) is 1.47. The van der Waals surface area contributed by atoms with Crippen molar-refractivity contribution in [3.8, 4) is 6.07 Å². The Kier molecular flexibility index (Phi) is 2.09. The van der Waals surface area contributed by atoms with Crippen molar-refractivity contribution in [1.82, 2.24) is 5.32 Å². The fraction of sp³-hybridized carbons (Fsp3) is 0.111. The number of alkyl halides is 1. The third kappa shape index (κ3) is 1.43. The minimum absolute atomic E-state index is 0.0828. The van der Waals surface area contributed by atoms with E-state index >= 15 is 0 Å². The van der Waals surface area contributed by atoms with Crippen LogP contribution < -0.4 is 5.32 Å². The van der Waals surface area contributed by atoms with Crippen LogP contribution in [0.4, 0.5) is 8.78 Å². The molecular formula is C9H4ClF2N3. The van der Waals surface area contributed by atoms with E-state index in [-0.39, 0.29) is 10.6 Å². The highest BCUT2D eigenvalue weighted by molar-refractivity contribution is 6.34. The van der Waals surface area contributed by atoms with Gasteiger partial charge in [0.25, 0.3) is 5.67 Å². The van der Waals surface area contributed by atoms with Gasteiger partial charge in [-0.3, -0.25) is 4.99 Å². The molecule has 2 aliphatic rings. The molecule has 0 saturated heterocycles. The molecule has 1 N–H and O–H groups in total. The lowest BCUT2D eigenvalue weighted by atomic mass is 9.99. The summed E-state index contributed by atoms with van der Waals surface area (Å²) in [7, 11) is 0. The van der Waals surface area contributed by atoms with Gasteiger partial charge in [0, 0.05) is 17.8 Å². The maximum atomic E-state index is 13.7. The monoisotopic (exact) mass is 227 g/mol. The van der Waals surface area contributed by atoms with Crippen molar-refractivity contribution in [3.05, 3.63) is 34.5 Å². The highest BCUT2D eigenvalue weighted by Gasteiger charge is 2.38. The van der Waals surface area contributed by atoms with E-state index in [1.807, 2.05) is 0 Å². The van der Waals surface area contributed by atoms with Crippen LogP contribution in [0.3, 0.4) is 0 Å². The maximum Gasteiger partial charge on any atom is 0.267 e. The number of fused-ring (bicyclic) bond motifs is 1. The van der Waals surface area contributed by atoms with Crippen LogP contribution in [0.25, 0.3) is 0 Å². The van der Waals surface area contributed by atoms with Gasteiger partial charge in [-0.1, -0.05) is 11.6 Å². The Hall–Kier alpha value is -1.67. The summed E-state index contributed by atoms with van der Waals surface area (Å²) < 4.78 is 26.5. The molecule has 2 heterocycles. The van der Waals surface area contributed by atoms with Gasteiger partial charge >= 0.3 is 0 Å². The summed E-state index contributed by atoms with van der Waals surface area (Å²) >= 11 is 5.67. The molecule has 0 aromatic rings. The molecule has 1 unspecified atom stereocenters. The van der Waals surface area contributed by atoms with Gasteiger partial charge in [-0.05, 0) is 0 Å². The predicted molar refractivity (Wildman–Crippen MR) is 51.2 cm³/mol. The van der Waals surface area contributed by atoms with Crippen LogP contribution in [0, 0.1) is 11.3 Å². The number of hydrogen-bond acceptors (Lipinski definition) is 3. The molecule has 6 heteroatoms. The molecule has 0 aromatic heterocycles. The third-order valence-electron chi connectivity index (χ3n) is 1.99. The van der Waals surface area contributed by atoms with Crippen molar-refractivity contribution in [1.29, 1.82) is 5.26 Å². The molecule has 3 nitrogen and oxygen atoms in total. The van der Waals surface area contributed by atoms with Crippen molar-refractivity contribution in [2.75, 3.05) is 0 Å². The molecule has 76 valence electrons. The van der Waals surface area contributed by atoms with Gasteiger partial charge in [0.05, 0.1) is 16.9 Å². The Morgan fingerprint density at radius 3 is 3.00 bits per heavy atom. The lowest BCUT2D eigenvalue weighted by Gasteiger charge is -2.22. The van der Waals surface area contributed by atoms with Crippen LogP contribution in [0.2, 0.25) is 0 Å². The van der Waals surface area contributed by atoms with E-state index in [0.29, 0.717) is 5.70 Å². The largest absolute Gasteiger partial charge is 0.336 e. The average Bonchev–Trinajstić information content (AvgIpc) is 2.24. The quantitative estimate of drug-likeness (QED) is 0.644. The second kappa shape index (κ2) is 3.17. The molecule has 0 aromatic carbocycles. The second-order valence-corrected chi connectivity index (χ2v) is 3.35. The van der Waals surface area contributed by atoms with E-state index in [2.05, 4.69) is 10.3 Å². The van der Waals surface area contributed by atoms with E-state index in [0.717, 1.165) is 12.3 Å². The second-order valence-electron chi connectivity index (χ2n) is 2.98. The number of hydrogen-bond donors (Lipinski definition) is 1. The predicted octanol–water partition coefficient (Wildman–Crippen LogP) is 2.05. The van der Waals surface area contributed by atoms with Crippen LogP contribution >= 0.6 is 11.6 Å². The number of rotatable bonds is 0. The zero-order valence-corrected chi connectivity index (χ0v) is 8.02. The Bertz CT molecular complexity index is 484. The number of dihydropyridines is 2. The lowest BCUT2D eigenvalue weighted by Crippen LogP contribution is -2.28. The number of nitrogens with one attached hydrogen (secondary N) is 1. The summed E-state index contributed by atoms with van der Waals surface area (Å²) in [6, 6.07) is 1.37. The summed E-state index contributed by atoms with van der Waals surface area (Å²) in [5.41, 5.74) is -2.09. The molecule has 0 amide bonds. The molecule has 1 atom stereocenters. The summed E-state index contributed by atoms with van der Waals surface area (Å²) in [6.45, 7) is 0. The number of nitrogens with zero attached hydrogens (tertiary/aromatic N) is 2. The fourth-order valence-electron chi connectivity index (χ4n) is 1.23. The van der Waals surface area contributed by atoms with Crippen molar-refractivity contribution >= 4 is 17.8 Å². The molecular weight excluding hydrogens is 224 g/mol. The topological polar surface area (TPSA) is 48.2 Å². The van der Waals surface area contributed by atoms with Crippen molar-refractivity contribution in [2.24, 2.45) is 4.99 Å². The number of halogens is 3. The van der Waals surface area contributed by atoms with E-state index < -0.39 is 11.6 Å². The van der Waals surface area contributed by atoms with Gasteiger partial charge < -0.3 is 5.32 Å². The van der Waals surface area contributed by atoms with Crippen molar-refractivity contribution in [2.45, 2.75) is 5.67 Å². The average molecular weight is 228 g/mol. The molecule has 2 aliphatic heterocycles. The number of nitriles is 1. The minimum Gasteiger partial charge on any atom is -0.336 e. The summed E-state index contributed by atoms with van der Waals surface area (Å²) in [4.78, 5) is 3.68. The van der Waals surface area contributed by atoms with Crippen molar-refractivity contribution in [3.63, 3.8) is 0 Å². The summed E-state index contributed by atoms with van der Waals surface area (Å²) in [6.07, 6.45) is 3.05. The smallest absolute Gasteiger partial charge is 0.267 e. The molecule has 15 heavy (non-hydrogen) atoms. The lowest BCUT2D eigenvalue weighted by molar-refractivity contribution is 0.401. The highest BCUT2D eigenvalue weighted by atomic mass is 35.5. The maximum absolute atomic E-state index is 13.7. The van der Waals surface area contributed by atoms with Crippen LogP contribution in [-0.4, -0.2) is 11.9 Å². The number of allylic oxidation sites excluding steroid dienone is 2. The Morgan fingerprint density at radius 1 is 1.60 bits per heavy atom. The molecule has 0 spiro atoms. The van der Waals surface area contributed by atoms with Crippen LogP contribution in [0.15, 0.2) is 39.5 Å². The third-order valence-corrected chi connectivity index (χ3v) is 2.47. The van der Waals surface area contributed by atoms with Gasteiger partial charge in [-0.25, -0.2) is 4.39 Å². The first-order chi connectivity index (χ1) is 7.07. The molecule has 0 bridgehead atoms. The Balaban J connectivity index is 2.58. The molecule has 2 rings (SSSR count). The molecule has 0 fully saturated rings. The highest BCUT2D eigenvalue weighted by Crippen LogP contribution is 2.36. The Labute approximate surface area is 89.1 Å². The van der Waals surface area contributed by atoms with Crippen LogP contribution in [-0.2, 0) is 0 Å². The van der Waals surface area contributed by atoms with Gasteiger partial charge in [0.2, 0.25) is 0 Å². The minimum atomic E-state index is -2.47. The zero-order valence-electron chi connectivity index (χ0n) is 7.26. The first-order valence-electron chi connectivity index (χ1n) is 3.97. The SMILES string of the molecule is N#CC1(F)C=NC2=CNC(F)=CC2=C1Cl. The number of aliphatic imine (C=N–C) groups is 1. The van der Waals surface area contributed by atoms with E-state index in [1.165, 1.54) is 12.3 Å². The summed E-state index contributed by atoms with van der Waals surface area (Å²) in [5.74, 6) is -0.677.